The Morgan fingerprint density at radius 1 is 1.12 bits per heavy atom. The Morgan fingerprint density at radius 2 is 1.82 bits per heavy atom. The number of hydrogen-bond acceptors (Lipinski definition) is 7. The summed E-state index contributed by atoms with van der Waals surface area (Å²) in [5.41, 5.74) is 7.84. The molecule has 4 rings (SSSR count). The molecule has 2 N–H and O–H groups in total. The molecule has 0 amide bonds. The number of fused-ring (bicyclic) bond motifs is 1. The summed E-state index contributed by atoms with van der Waals surface area (Å²) in [4.78, 5) is 22.7. The Balaban J connectivity index is 0.00000193. The van der Waals surface area contributed by atoms with Crippen molar-refractivity contribution in [2.45, 2.75) is 26.7 Å². The molecule has 1 aliphatic rings. The second-order valence-electron chi connectivity index (χ2n) is 7.88. The van der Waals surface area contributed by atoms with Gasteiger partial charge in [-0.15, -0.1) is 24.8 Å². The fraction of sp³-hybridized carbons (Fsp3) is 0.455. The van der Waals surface area contributed by atoms with Crippen LogP contribution in [0, 0.1) is 11.7 Å². The van der Waals surface area contributed by atoms with E-state index >= 15 is 0 Å². The molecule has 3 heterocycles. The fourth-order valence-electron chi connectivity index (χ4n) is 4.02. The van der Waals surface area contributed by atoms with Crippen LogP contribution in [0.1, 0.15) is 26.7 Å². The molecule has 3 aromatic rings. The Kier molecular flexibility index (Phi) is 9.84. The zero-order chi connectivity index (χ0) is 22.0. The Bertz CT molecular complexity index is 1070. The number of halogens is 4. The van der Waals surface area contributed by atoms with Crippen LogP contribution in [0.2, 0.25) is 5.02 Å². The lowest BCUT2D eigenvalue weighted by atomic mass is 9.96. The summed E-state index contributed by atoms with van der Waals surface area (Å²) in [5, 5.41) is 0.00997. The molecular weight excluding hydrogens is 488 g/mol. The number of nitrogens with two attached hydrogens (primary N) is 1. The Hall–Kier alpha value is -2.00. The molecule has 0 spiro atoms. The third-order valence-corrected chi connectivity index (χ3v) is 6.23. The summed E-state index contributed by atoms with van der Waals surface area (Å²) < 4.78 is 13.5. The Morgan fingerprint density at radius 3 is 2.45 bits per heavy atom. The Labute approximate surface area is 210 Å². The van der Waals surface area contributed by atoms with Crippen molar-refractivity contribution >= 4 is 59.2 Å². The molecule has 11 heteroatoms. The fourth-order valence-corrected chi connectivity index (χ4v) is 4.20. The minimum absolute atomic E-state index is 0. The van der Waals surface area contributed by atoms with Gasteiger partial charge < -0.3 is 15.5 Å². The lowest BCUT2D eigenvalue weighted by molar-refractivity contribution is 0.229. The second-order valence-corrected chi connectivity index (χ2v) is 8.29. The van der Waals surface area contributed by atoms with Crippen LogP contribution >= 0.6 is 36.4 Å². The number of anilines is 2. The zero-order valence-electron chi connectivity index (χ0n) is 18.7. The van der Waals surface area contributed by atoms with Crippen molar-refractivity contribution < 1.29 is 4.39 Å². The van der Waals surface area contributed by atoms with E-state index < -0.39 is 5.82 Å². The summed E-state index contributed by atoms with van der Waals surface area (Å²) in [7, 11) is 0. The highest BCUT2D eigenvalue weighted by Crippen LogP contribution is 2.27. The van der Waals surface area contributed by atoms with Crippen LogP contribution in [0.3, 0.4) is 0 Å². The maximum Gasteiger partial charge on any atom is 0.226 e. The zero-order valence-corrected chi connectivity index (χ0v) is 21.1. The SMILES string of the molecule is CCN(CC)CC1CCN(c2ncc3nc(-c4ccc(F)c(Cl)c4)nc(N)c3n2)CC1.Cl.Cl. The van der Waals surface area contributed by atoms with Crippen LogP contribution in [0.4, 0.5) is 16.2 Å². The van der Waals surface area contributed by atoms with E-state index in [1.807, 2.05) is 0 Å². The highest BCUT2D eigenvalue weighted by molar-refractivity contribution is 6.31. The molecule has 7 nitrogen and oxygen atoms in total. The van der Waals surface area contributed by atoms with Crippen LogP contribution in [-0.4, -0.2) is 57.6 Å². The van der Waals surface area contributed by atoms with Crippen molar-refractivity contribution in [2.24, 2.45) is 5.92 Å². The summed E-state index contributed by atoms with van der Waals surface area (Å²) in [5.74, 6) is 1.49. The van der Waals surface area contributed by atoms with Crippen molar-refractivity contribution in [3.8, 4) is 11.4 Å². The molecule has 180 valence electrons. The molecule has 0 atom stereocenters. The highest BCUT2D eigenvalue weighted by atomic mass is 35.5. The van der Waals surface area contributed by atoms with E-state index in [1.165, 1.54) is 12.1 Å². The van der Waals surface area contributed by atoms with Gasteiger partial charge in [0.15, 0.2) is 11.6 Å². The first-order valence-electron chi connectivity index (χ1n) is 10.7. The first-order chi connectivity index (χ1) is 15.0. The van der Waals surface area contributed by atoms with Gasteiger partial charge in [-0.05, 0) is 50.0 Å². The first kappa shape index (κ1) is 27.2. The van der Waals surface area contributed by atoms with E-state index in [-0.39, 0.29) is 35.7 Å². The number of nitrogen functional groups attached to an aromatic ring is 1. The largest absolute Gasteiger partial charge is 0.382 e. The van der Waals surface area contributed by atoms with Gasteiger partial charge in [0, 0.05) is 25.2 Å². The van der Waals surface area contributed by atoms with Crippen LogP contribution < -0.4 is 10.6 Å². The van der Waals surface area contributed by atoms with Gasteiger partial charge in [0.1, 0.15) is 16.9 Å². The summed E-state index contributed by atoms with van der Waals surface area (Å²) in [6, 6.07) is 4.33. The number of rotatable bonds is 6. The topological polar surface area (TPSA) is 84.1 Å². The number of hydrogen-bond donors (Lipinski definition) is 1. The molecule has 1 aliphatic heterocycles. The van der Waals surface area contributed by atoms with E-state index in [1.54, 1.807) is 12.3 Å². The normalized spacial score (nSPS) is 14.3. The average Bonchev–Trinajstić information content (AvgIpc) is 2.79. The molecule has 33 heavy (non-hydrogen) atoms. The number of piperidine rings is 1. The summed E-state index contributed by atoms with van der Waals surface area (Å²) in [6.45, 7) is 9.60. The molecule has 2 aromatic heterocycles. The van der Waals surface area contributed by atoms with Gasteiger partial charge in [-0.1, -0.05) is 25.4 Å². The van der Waals surface area contributed by atoms with E-state index in [0.717, 1.165) is 45.6 Å². The summed E-state index contributed by atoms with van der Waals surface area (Å²) in [6.07, 6.45) is 3.91. The van der Waals surface area contributed by atoms with E-state index in [9.17, 15) is 4.39 Å². The standard InChI is InChI=1S/C22H27ClFN7.2ClH/c1-3-30(4-2)13-14-7-9-31(10-8-14)22-26-12-18-19(28-22)20(25)29-21(27-18)15-5-6-17(24)16(23)11-15;;/h5-6,11-12,14H,3-4,7-10,13H2,1-2H3,(H2,25,27,29);2*1H. The predicted octanol–water partition coefficient (Wildman–Crippen LogP) is 4.86. The van der Waals surface area contributed by atoms with Gasteiger partial charge in [-0.25, -0.2) is 24.3 Å². The molecular formula is C22H29Cl3FN7. The molecule has 1 saturated heterocycles. The molecule has 0 radical (unpaired) electrons. The third kappa shape index (κ3) is 6.12. The molecule has 1 aromatic carbocycles. The highest BCUT2D eigenvalue weighted by Gasteiger charge is 2.23. The monoisotopic (exact) mass is 515 g/mol. The van der Waals surface area contributed by atoms with Gasteiger partial charge >= 0.3 is 0 Å². The minimum Gasteiger partial charge on any atom is -0.382 e. The van der Waals surface area contributed by atoms with Crippen molar-refractivity contribution in [3.05, 3.63) is 35.2 Å². The molecule has 1 fully saturated rings. The maximum atomic E-state index is 13.5. The van der Waals surface area contributed by atoms with Crippen LogP contribution in [0.5, 0.6) is 0 Å². The molecule has 0 bridgehead atoms. The lowest BCUT2D eigenvalue weighted by Gasteiger charge is -2.34. The first-order valence-corrected chi connectivity index (χ1v) is 11.1. The molecule has 0 unspecified atom stereocenters. The van der Waals surface area contributed by atoms with E-state index in [0.29, 0.717) is 34.3 Å². The molecule has 0 saturated carbocycles. The van der Waals surface area contributed by atoms with Gasteiger partial charge in [0.25, 0.3) is 0 Å². The van der Waals surface area contributed by atoms with Gasteiger partial charge in [-0.2, -0.15) is 0 Å². The van der Waals surface area contributed by atoms with Gasteiger partial charge in [0.2, 0.25) is 5.95 Å². The maximum absolute atomic E-state index is 13.5. The predicted molar refractivity (Wildman–Crippen MR) is 137 cm³/mol. The smallest absolute Gasteiger partial charge is 0.226 e. The van der Waals surface area contributed by atoms with Gasteiger partial charge in [0.05, 0.1) is 11.2 Å². The second kappa shape index (κ2) is 11.9. The minimum atomic E-state index is -0.493. The number of benzene rings is 1. The van der Waals surface area contributed by atoms with Crippen LogP contribution in [-0.2, 0) is 0 Å². The van der Waals surface area contributed by atoms with Gasteiger partial charge in [-0.3, -0.25) is 0 Å². The number of nitrogens with zero attached hydrogens (tertiary/aromatic N) is 6. The number of aromatic nitrogens is 4. The third-order valence-electron chi connectivity index (χ3n) is 5.94. The van der Waals surface area contributed by atoms with Crippen LogP contribution in [0.25, 0.3) is 22.4 Å². The lowest BCUT2D eigenvalue weighted by Crippen LogP contribution is -2.39. The van der Waals surface area contributed by atoms with Crippen LogP contribution in [0.15, 0.2) is 24.4 Å². The quantitative estimate of drug-likeness (QED) is 0.501. The van der Waals surface area contributed by atoms with Crippen molar-refractivity contribution in [3.63, 3.8) is 0 Å². The van der Waals surface area contributed by atoms with Crippen molar-refractivity contribution in [2.75, 3.05) is 43.4 Å². The average molecular weight is 517 g/mol. The van der Waals surface area contributed by atoms with E-state index in [4.69, 9.17) is 17.3 Å². The summed E-state index contributed by atoms with van der Waals surface area (Å²) >= 11 is 5.89. The van der Waals surface area contributed by atoms with Crippen molar-refractivity contribution in [1.29, 1.82) is 0 Å². The van der Waals surface area contributed by atoms with Crippen molar-refractivity contribution in [1.82, 2.24) is 24.8 Å². The molecule has 0 aliphatic carbocycles. The van der Waals surface area contributed by atoms with E-state index in [2.05, 4.69) is 43.6 Å².